The van der Waals surface area contributed by atoms with Crippen molar-refractivity contribution in [2.24, 2.45) is 0 Å². The molecule has 0 bridgehead atoms. The summed E-state index contributed by atoms with van der Waals surface area (Å²) in [5, 5.41) is 9.20. The first-order valence-electron chi connectivity index (χ1n) is 6.09. The Hall–Kier alpha value is -0.950. The Morgan fingerprint density at radius 2 is 2.05 bits per heavy atom. The molecule has 6 heteroatoms. The van der Waals surface area contributed by atoms with Crippen molar-refractivity contribution in [2.45, 2.75) is 24.8 Å². The Kier molecular flexibility index (Phi) is 5.93. The van der Waals surface area contributed by atoms with Crippen LogP contribution in [0, 0.1) is 6.92 Å². The standard InChI is InChI=1S/C13H21NO4S/c1-11-5-6-13(9-12(11)10-15)19(16,17)14(2)7-4-8-18-3/h5-6,9,15H,4,7-8,10H2,1-3H3. The van der Waals surface area contributed by atoms with Gasteiger partial charge in [-0.2, -0.15) is 0 Å². The maximum atomic E-state index is 12.3. The molecule has 0 radical (unpaired) electrons. The smallest absolute Gasteiger partial charge is 0.242 e. The van der Waals surface area contributed by atoms with Crippen LogP contribution in [0.1, 0.15) is 17.5 Å². The molecule has 0 atom stereocenters. The molecule has 0 unspecified atom stereocenters. The van der Waals surface area contributed by atoms with Gasteiger partial charge in [-0.3, -0.25) is 0 Å². The highest BCUT2D eigenvalue weighted by Gasteiger charge is 2.20. The van der Waals surface area contributed by atoms with E-state index in [0.717, 1.165) is 5.56 Å². The van der Waals surface area contributed by atoms with Crippen molar-refractivity contribution in [3.63, 3.8) is 0 Å². The predicted octanol–water partition coefficient (Wildman–Crippen LogP) is 1.14. The van der Waals surface area contributed by atoms with Gasteiger partial charge in [0.2, 0.25) is 10.0 Å². The Labute approximate surface area is 114 Å². The number of ether oxygens (including phenoxy) is 1. The number of rotatable bonds is 7. The zero-order valence-electron chi connectivity index (χ0n) is 11.6. The van der Waals surface area contributed by atoms with E-state index in [1.807, 2.05) is 6.92 Å². The highest BCUT2D eigenvalue weighted by atomic mass is 32.2. The molecular weight excluding hydrogens is 266 g/mol. The first-order chi connectivity index (χ1) is 8.93. The fourth-order valence-corrected chi connectivity index (χ4v) is 2.97. The molecule has 0 aromatic heterocycles. The molecule has 5 nitrogen and oxygen atoms in total. The van der Waals surface area contributed by atoms with E-state index in [0.29, 0.717) is 25.1 Å². The number of nitrogens with zero attached hydrogens (tertiary/aromatic N) is 1. The molecule has 0 aliphatic rings. The minimum atomic E-state index is -3.50. The zero-order chi connectivity index (χ0) is 14.5. The Morgan fingerprint density at radius 1 is 1.37 bits per heavy atom. The lowest BCUT2D eigenvalue weighted by atomic mass is 10.1. The number of methoxy groups -OCH3 is 1. The van der Waals surface area contributed by atoms with E-state index in [-0.39, 0.29) is 11.5 Å². The number of aryl methyl sites for hydroxylation is 1. The lowest BCUT2D eigenvalue weighted by Crippen LogP contribution is -2.28. The van der Waals surface area contributed by atoms with Crippen molar-refractivity contribution >= 4 is 10.0 Å². The molecule has 108 valence electrons. The number of hydrogen-bond acceptors (Lipinski definition) is 4. The van der Waals surface area contributed by atoms with Gasteiger partial charge in [0, 0.05) is 27.3 Å². The van der Waals surface area contributed by atoms with Gasteiger partial charge in [-0.1, -0.05) is 6.07 Å². The average Bonchev–Trinajstić information content (AvgIpc) is 2.39. The van der Waals surface area contributed by atoms with Crippen LogP contribution in [-0.2, 0) is 21.4 Å². The van der Waals surface area contributed by atoms with Gasteiger partial charge in [0.05, 0.1) is 11.5 Å². The molecule has 0 amide bonds. The van der Waals surface area contributed by atoms with Crippen LogP contribution in [-0.4, -0.2) is 45.1 Å². The highest BCUT2D eigenvalue weighted by Crippen LogP contribution is 2.19. The van der Waals surface area contributed by atoms with Crippen LogP contribution in [0.15, 0.2) is 23.1 Å². The third-order valence-electron chi connectivity index (χ3n) is 3.02. The molecule has 0 fully saturated rings. The molecule has 0 saturated heterocycles. The van der Waals surface area contributed by atoms with Gasteiger partial charge < -0.3 is 9.84 Å². The van der Waals surface area contributed by atoms with Gasteiger partial charge in [-0.25, -0.2) is 12.7 Å². The van der Waals surface area contributed by atoms with Crippen molar-refractivity contribution in [1.29, 1.82) is 0 Å². The van der Waals surface area contributed by atoms with Crippen LogP contribution < -0.4 is 0 Å². The maximum absolute atomic E-state index is 12.3. The second-order valence-electron chi connectivity index (χ2n) is 4.42. The maximum Gasteiger partial charge on any atom is 0.242 e. The summed E-state index contributed by atoms with van der Waals surface area (Å²) in [6.45, 7) is 2.60. The molecule has 0 heterocycles. The zero-order valence-corrected chi connectivity index (χ0v) is 12.4. The first kappa shape index (κ1) is 16.1. The van der Waals surface area contributed by atoms with Crippen LogP contribution in [0.2, 0.25) is 0 Å². The highest BCUT2D eigenvalue weighted by molar-refractivity contribution is 7.89. The van der Waals surface area contributed by atoms with E-state index in [1.165, 1.54) is 10.4 Å². The topological polar surface area (TPSA) is 66.8 Å². The summed E-state index contributed by atoms with van der Waals surface area (Å²) < 4.78 is 30.8. The first-order valence-corrected chi connectivity index (χ1v) is 7.53. The number of hydrogen-bond donors (Lipinski definition) is 1. The van der Waals surface area contributed by atoms with Crippen molar-refractivity contribution in [3.05, 3.63) is 29.3 Å². The van der Waals surface area contributed by atoms with Crippen LogP contribution in [0.4, 0.5) is 0 Å². The second-order valence-corrected chi connectivity index (χ2v) is 6.46. The van der Waals surface area contributed by atoms with Crippen LogP contribution in [0.25, 0.3) is 0 Å². The van der Waals surface area contributed by atoms with E-state index >= 15 is 0 Å². The molecule has 0 spiro atoms. The molecule has 1 N–H and O–H groups in total. The number of aliphatic hydroxyl groups excluding tert-OH is 1. The molecule has 1 aromatic rings. The van der Waals surface area contributed by atoms with Crippen molar-refractivity contribution < 1.29 is 18.3 Å². The van der Waals surface area contributed by atoms with Crippen LogP contribution in [0.3, 0.4) is 0 Å². The van der Waals surface area contributed by atoms with Gasteiger partial charge in [0.1, 0.15) is 0 Å². The van der Waals surface area contributed by atoms with Gasteiger partial charge in [-0.15, -0.1) is 0 Å². The van der Waals surface area contributed by atoms with Crippen molar-refractivity contribution in [2.75, 3.05) is 27.3 Å². The summed E-state index contributed by atoms with van der Waals surface area (Å²) in [4.78, 5) is 0.210. The quantitative estimate of drug-likeness (QED) is 0.764. The lowest BCUT2D eigenvalue weighted by molar-refractivity contribution is 0.189. The van der Waals surface area contributed by atoms with Gasteiger partial charge >= 0.3 is 0 Å². The fourth-order valence-electron chi connectivity index (χ4n) is 1.71. The summed E-state index contributed by atoms with van der Waals surface area (Å²) in [6.07, 6.45) is 0.644. The Morgan fingerprint density at radius 3 is 2.63 bits per heavy atom. The number of sulfonamides is 1. The average molecular weight is 287 g/mol. The molecule has 0 aliphatic carbocycles. The predicted molar refractivity (Wildman–Crippen MR) is 73.4 cm³/mol. The minimum Gasteiger partial charge on any atom is -0.392 e. The normalized spacial score (nSPS) is 12.1. The SMILES string of the molecule is COCCCN(C)S(=O)(=O)c1ccc(C)c(CO)c1. The van der Waals surface area contributed by atoms with Gasteiger partial charge in [0.15, 0.2) is 0 Å². The summed E-state index contributed by atoms with van der Waals surface area (Å²) >= 11 is 0. The van der Waals surface area contributed by atoms with E-state index in [2.05, 4.69) is 0 Å². The van der Waals surface area contributed by atoms with Crippen molar-refractivity contribution in [3.8, 4) is 0 Å². The number of aliphatic hydroxyl groups is 1. The van der Waals surface area contributed by atoms with E-state index in [4.69, 9.17) is 4.74 Å². The Bertz CT molecular complexity index is 513. The fraction of sp³-hybridized carbons (Fsp3) is 0.538. The second kappa shape index (κ2) is 7.00. The number of benzene rings is 1. The largest absolute Gasteiger partial charge is 0.392 e. The molecule has 0 saturated carbocycles. The third-order valence-corrected chi connectivity index (χ3v) is 4.87. The van der Waals surface area contributed by atoms with Crippen LogP contribution >= 0.6 is 0 Å². The molecule has 1 rings (SSSR count). The van der Waals surface area contributed by atoms with Crippen molar-refractivity contribution in [1.82, 2.24) is 4.31 Å². The minimum absolute atomic E-state index is 0.164. The third kappa shape index (κ3) is 4.01. The Balaban J connectivity index is 2.93. The molecule has 19 heavy (non-hydrogen) atoms. The van der Waals surface area contributed by atoms with Gasteiger partial charge in [0.25, 0.3) is 0 Å². The van der Waals surface area contributed by atoms with E-state index < -0.39 is 10.0 Å². The molecule has 0 aliphatic heterocycles. The summed E-state index contributed by atoms with van der Waals surface area (Å²) in [6, 6.07) is 4.80. The lowest BCUT2D eigenvalue weighted by Gasteiger charge is -2.17. The van der Waals surface area contributed by atoms with Crippen LogP contribution in [0.5, 0.6) is 0 Å². The monoisotopic (exact) mass is 287 g/mol. The molecular formula is C13H21NO4S. The summed E-state index contributed by atoms with van der Waals surface area (Å²) in [5.74, 6) is 0. The summed E-state index contributed by atoms with van der Waals surface area (Å²) in [7, 11) is -0.372. The molecule has 1 aromatic carbocycles. The van der Waals surface area contributed by atoms with E-state index in [1.54, 1.807) is 26.3 Å². The summed E-state index contributed by atoms with van der Waals surface area (Å²) in [5.41, 5.74) is 1.51. The van der Waals surface area contributed by atoms with E-state index in [9.17, 15) is 13.5 Å². The van der Waals surface area contributed by atoms with Gasteiger partial charge in [-0.05, 0) is 36.6 Å².